The Kier molecular flexibility index (Phi) is 5.95. The number of carbonyl (C=O) groups excluding carboxylic acids is 2. The number of hydrogen-bond acceptors (Lipinski definition) is 6. The highest BCUT2D eigenvalue weighted by molar-refractivity contribution is 5.91. The van der Waals surface area contributed by atoms with Gasteiger partial charge in [-0.05, 0) is 57.2 Å². The maximum Gasteiger partial charge on any atom is 0.338 e. The van der Waals surface area contributed by atoms with Crippen LogP contribution in [0.4, 0.5) is 5.69 Å². The van der Waals surface area contributed by atoms with Crippen molar-refractivity contribution in [3.63, 3.8) is 0 Å². The van der Waals surface area contributed by atoms with Crippen molar-refractivity contribution >= 4 is 17.6 Å². The standard InChI is InChI=1S/C20H24N4O5/c1-12(16-8-9-16)21-18(25)11-29-20(26)17-6-4-15(5-7-17)10-23-14(3)19(24(27)28)13(2)22-23/h4-7,12,16H,8-11H2,1-3H3,(H,21,25)/t12-/m0/s1. The Morgan fingerprint density at radius 3 is 2.52 bits per heavy atom. The molecular weight excluding hydrogens is 376 g/mol. The van der Waals surface area contributed by atoms with Crippen molar-refractivity contribution in [2.45, 2.75) is 46.2 Å². The summed E-state index contributed by atoms with van der Waals surface area (Å²) >= 11 is 0. The van der Waals surface area contributed by atoms with Crippen molar-refractivity contribution in [3.8, 4) is 0 Å². The Bertz CT molecular complexity index is 931. The van der Waals surface area contributed by atoms with Crippen molar-refractivity contribution in [3.05, 3.63) is 56.9 Å². The third-order valence-corrected chi connectivity index (χ3v) is 5.10. The quantitative estimate of drug-likeness (QED) is 0.413. The Hall–Kier alpha value is -3.23. The lowest BCUT2D eigenvalue weighted by Crippen LogP contribution is -2.37. The molecule has 1 atom stereocenters. The van der Waals surface area contributed by atoms with Crippen LogP contribution in [0, 0.1) is 29.9 Å². The summed E-state index contributed by atoms with van der Waals surface area (Å²) in [6, 6.07) is 6.76. The molecule has 0 saturated heterocycles. The van der Waals surface area contributed by atoms with E-state index in [4.69, 9.17) is 4.74 Å². The number of nitrogens with zero attached hydrogens (tertiary/aromatic N) is 3. The van der Waals surface area contributed by atoms with Gasteiger partial charge in [0.2, 0.25) is 0 Å². The number of amides is 1. The lowest BCUT2D eigenvalue weighted by atomic mass is 10.1. The van der Waals surface area contributed by atoms with Crippen molar-refractivity contribution in [2.75, 3.05) is 6.61 Å². The first kappa shape index (κ1) is 20.5. The summed E-state index contributed by atoms with van der Waals surface area (Å²) < 4.78 is 6.63. The third-order valence-electron chi connectivity index (χ3n) is 5.10. The number of aromatic nitrogens is 2. The minimum Gasteiger partial charge on any atom is -0.452 e. The molecule has 1 aliphatic carbocycles. The molecule has 9 nitrogen and oxygen atoms in total. The van der Waals surface area contributed by atoms with Gasteiger partial charge in [0, 0.05) is 6.04 Å². The first-order valence-corrected chi connectivity index (χ1v) is 9.50. The number of benzene rings is 1. The minimum atomic E-state index is -0.576. The van der Waals surface area contributed by atoms with Gasteiger partial charge in [0.05, 0.1) is 17.0 Å². The Morgan fingerprint density at radius 2 is 1.97 bits per heavy atom. The van der Waals surface area contributed by atoms with E-state index >= 15 is 0 Å². The van der Waals surface area contributed by atoms with E-state index < -0.39 is 10.9 Å². The lowest BCUT2D eigenvalue weighted by molar-refractivity contribution is -0.386. The van der Waals surface area contributed by atoms with Gasteiger partial charge in [0.15, 0.2) is 6.61 Å². The van der Waals surface area contributed by atoms with Crippen LogP contribution in [-0.2, 0) is 16.1 Å². The molecule has 1 amide bonds. The number of aryl methyl sites for hydroxylation is 1. The fourth-order valence-corrected chi connectivity index (χ4v) is 3.25. The summed E-state index contributed by atoms with van der Waals surface area (Å²) in [6.07, 6.45) is 2.25. The molecule has 154 valence electrons. The molecule has 0 unspecified atom stereocenters. The molecule has 1 saturated carbocycles. The Labute approximate surface area is 168 Å². The SMILES string of the molecule is Cc1nn(Cc2ccc(C(=O)OCC(=O)N[C@@H](C)C3CC3)cc2)c(C)c1[N+](=O)[O-]. The van der Waals surface area contributed by atoms with Gasteiger partial charge in [-0.3, -0.25) is 19.6 Å². The van der Waals surface area contributed by atoms with E-state index in [9.17, 15) is 19.7 Å². The van der Waals surface area contributed by atoms with Crippen LogP contribution in [0.2, 0.25) is 0 Å². The topological polar surface area (TPSA) is 116 Å². The molecule has 29 heavy (non-hydrogen) atoms. The summed E-state index contributed by atoms with van der Waals surface area (Å²) in [6.45, 7) is 5.24. The second-order valence-electron chi connectivity index (χ2n) is 7.40. The van der Waals surface area contributed by atoms with Crippen molar-refractivity contribution in [2.24, 2.45) is 5.92 Å². The summed E-state index contributed by atoms with van der Waals surface area (Å²) in [5, 5.41) is 18.1. The third kappa shape index (κ3) is 4.98. The summed E-state index contributed by atoms with van der Waals surface area (Å²) in [4.78, 5) is 34.6. The molecule has 0 spiro atoms. The summed E-state index contributed by atoms with van der Waals surface area (Å²) in [5.41, 5.74) is 2.01. The molecule has 1 aromatic carbocycles. The number of carbonyl (C=O) groups is 2. The van der Waals surface area contributed by atoms with Crippen LogP contribution in [0.1, 0.15) is 47.1 Å². The zero-order chi connectivity index (χ0) is 21.1. The van der Waals surface area contributed by atoms with E-state index in [0.29, 0.717) is 29.4 Å². The van der Waals surface area contributed by atoms with Gasteiger partial charge < -0.3 is 10.1 Å². The van der Waals surface area contributed by atoms with Crippen molar-refractivity contribution < 1.29 is 19.2 Å². The molecule has 0 bridgehead atoms. The van der Waals surface area contributed by atoms with Gasteiger partial charge in [-0.15, -0.1) is 0 Å². The second-order valence-corrected chi connectivity index (χ2v) is 7.40. The van der Waals surface area contributed by atoms with Gasteiger partial charge in [-0.1, -0.05) is 12.1 Å². The molecule has 1 aromatic heterocycles. The molecule has 9 heteroatoms. The maximum absolute atomic E-state index is 12.1. The number of nitro groups is 1. The Balaban J connectivity index is 1.55. The van der Waals surface area contributed by atoms with Crippen molar-refractivity contribution in [1.82, 2.24) is 15.1 Å². The van der Waals surface area contributed by atoms with Crippen LogP contribution in [0.3, 0.4) is 0 Å². The molecule has 1 heterocycles. The number of ether oxygens (including phenoxy) is 1. The fraction of sp³-hybridized carbons (Fsp3) is 0.450. The summed E-state index contributed by atoms with van der Waals surface area (Å²) in [7, 11) is 0. The molecule has 0 aliphatic heterocycles. The first-order valence-electron chi connectivity index (χ1n) is 9.50. The van der Waals surface area contributed by atoms with Crippen LogP contribution in [0.15, 0.2) is 24.3 Å². The van der Waals surface area contributed by atoms with E-state index in [-0.39, 0.29) is 24.2 Å². The Morgan fingerprint density at radius 1 is 1.31 bits per heavy atom. The van der Waals surface area contributed by atoms with Gasteiger partial charge in [-0.25, -0.2) is 4.79 Å². The van der Waals surface area contributed by atoms with E-state index in [1.165, 1.54) is 0 Å². The van der Waals surface area contributed by atoms with Gasteiger partial charge in [0.1, 0.15) is 11.4 Å². The molecule has 1 N–H and O–H groups in total. The van der Waals surface area contributed by atoms with Gasteiger partial charge >= 0.3 is 11.7 Å². The lowest BCUT2D eigenvalue weighted by Gasteiger charge is -2.12. The van der Waals surface area contributed by atoms with Crippen LogP contribution in [0.5, 0.6) is 0 Å². The molecule has 3 rings (SSSR count). The maximum atomic E-state index is 12.1. The number of hydrogen-bond donors (Lipinski definition) is 1. The normalized spacial score (nSPS) is 14.3. The molecular formula is C20H24N4O5. The highest BCUT2D eigenvalue weighted by Gasteiger charge is 2.29. The smallest absolute Gasteiger partial charge is 0.338 e. The monoisotopic (exact) mass is 400 g/mol. The number of nitrogens with one attached hydrogen (secondary N) is 1. The molecule has 1 fully saturated rings. The average Bonchev–Trinajstić information content (AvgIpc) is 3.47. The fourth-order valence-electron chi connectivity index (χ4n) is 3.25. The first-order chi connectivity index (χ1) is 13.8. The molecule has 1 aliphatic rings. The molecule has 2 aromatic rings. The van der Waals surface area contributed by atoms with Gasteiger partial charge in [0.25, 0.3) is 5.91 Å². The van der Waals surface area contributed by atoms with Crippen LogP contribution in [-0.4, -0.2) is 39.2 Å². The predicted molar refractivity (Wildman–Crippen MR) is 105 cm³/mol. The predicted octanol–water partition coefficient (Wildman–Crippen LogP) is 2.53. The zero-order valence-electron chi connectivity index (χ0n) is 16.7. The highest BCUT2D eigenvalue weighted by atomic mass is 16.6. The van der Waals surface area contributed by atoms with Crippen LogP contribution >= 0.6 is 0 Å². The van der Waals surface area contributed by atoms with E-state index in [2.05, 4.69) is 10.4 Å². The summed E-state index contributed by atoms with van der Waals surface area (Å²) in [5.74, 6) is -0.348. The zero-order valence-corrected chi connectivity index (χ0v) is 16.7. The van der Waals surface area contributed by atoms with Crippen LogP contribution < -0.4 is 5.32 Å². The highest BCUT2D eigenvalue weighted by Crippen LogP contribution is 2.32. The second kappa shape index (κ2) is 8.42. The van der Waals surface area contributed by atoms with E-state index in [0.717, 1.165) is 18.4 Å². The average molecular weight is 400 g/mol. The molecule has 0 radical (unpaired) electrons. The largest absolute Gasteiger partial charge is 0.452 e. The van der Waals surface area contributed by atoms with Crippen LogP contribution in [0.25, 0.3) is 0 Å². The minimum absolute atomic E-state index is 0.0134. The number of rotatable bonds is 8. The van der Waals surface area contributed by atoms with Gasteiger partial charge in [-0.2, -0.15) is 5.10 Å². The van der Waals surface area contributed by atoms with E-state index in [1.807, 2.05) is 6.92 Å². The number of esters is 1. The van der Waals surface area contributed by atoms with Crippen molar-refractivity contribution in [1.29, 1.82) is 0 Å². The van der Waals surface area contributed by atoms with E-state index in [1.54, 1.807) is 42.8 Å².